The Morgan fingerprint density at radius 2 is 2.15 bits per heavy atom. The molecule has 2 amide bonds. The first kappa shape index (κ1) is 18.8. The number of sulfonamides is 1. The van der Waals surface area contributed by atoms with Crippen LogP contribution in [0.2, 0.25) is 0 Å². The minimum atomic E-state index is -3.56. The van der Waals surface area contributed by atoms with Gasteiger partial charge in [0, 0.05) is 32.7 Å². The molecule has 10 heteroatoms. The third-order valence-corrected chi connectivity index (χ3v) is 6.64. The van der Waals surface area contributed by atoms with Crippen molar-refractivity contribution in [2.75, 3.05) is 25.4 Å². The summed E-state index contributed by atoms with van der Waals surface area (Å²) < 4.78 is 27.2. The first-order chi connectivity index (χ1) is 12.2. The standard InChI is InChI=1S/C16H25N5O4S/c1-4-5-21-16(23)14-9-12(10-20(14)6-7-26(21,24)25)17-15(22)13-8-11(2)18-19(13)3/h8,12,14H,4-7,9-10H2,1-3H3,(H,17,22)/t12-,14-/m0/s1. The smallest absolute Gasteiger partial charge is 0.269 e. The highest BCUT2D eigenvalue weighted by Gasteiger charge is 2.45. The number of nitrogens with zero attached hydrogens (tertiary/aromatic N) is 4. The van der Waals surface area contributed by atoms with Crippen LogP contribution in [-0.2, 0) is 21.9 Å². The van der Waals surface area contributed by atoms with Crippen LogP contribution >= 0.6 is 0 Å². The summed E-state index contributed by atoms with van der Waals surface area (Å²) in [5.41, 5.74) is 1.22. The van der Waals surface area contributed by atoms with Gasteiger partial charge in [-0.2, -0.15) is 5.10 Å². The molecule has 3 rings (SSSR count). The zero-order valence-corrected chi connectivity index (χ0v) is 16.1. The molecular formula is C16H25N5O4S. The maximum Gasteiger partial charge on any atom is 0.269 e. The van der Waals surface area contributed by atoms with E-state index in [1.807, 2.05) is 18.7 Å². The Morgan fingerprint density at radius 3 is 2.77 bits per heavy atom. The fourth-order valence-corrected chi connectivity index (χ4v) is 5.24. The number of fused-ring (bicyclic) bond motifs is 1. The van der Waals surface area contributed by atoms with Crippen LogP contribution in [0.25, 0.3) is 0 Å². The second-order valence-electron chi connectivity index (χ2n) is 6.94. The summed E-state index contributed by atoms with van der Waals surface area (Å²) in [6.07, 6.45) is 0.995. The van der Waals surface area contributed by atoms with Crippen molar-refractivity contribution in [2.45, 2.75) is 38.8 Å². The molecular weight excluding hydrogens is 358 g/mol. The lowest BCUT2D eigenvalue weighted by molar-refractivity contribution is -0.130. The van der Waals surface area contributed by atoms with Crippen molar-refractivity contribution < 1.29 is 18.0 Å². The van der Waals surface area contributed by atoms with E-state index in [1.54, 1.807) is 13.1 Å². The van der Waals surface area contributed by atoms with Gasteiger partial charge in [0.2, 0.25) is 10.0 Å². The second-order valence-corrected chi connectivity index (χ2v) is 8.95. The molecule has 0 saturated carbocycles. The monoisotopic (exact) mass is 383 g/mol. The number of carbonyl (C=O) groups is 2. The van der Waals surface area contributed by atoms with Crippen LogP contribution in [0.4, 0.5) is 0 Å². The molecule has 26 heavy (non-hydrogen) atoms. The number of rotatable bonds is 4. The lowest BCUT2D eigenvalue weighted by atomic mass is 10.1. The molecule has 2 aliphatic rings. The number of aryl methyl sites for hydroxylation is 2. The van der Waals surface area contributed by atoms with E-state index in [-0.39, 0.29) is 30.2 Å². The van der Waals surface area contributed by atoms with Crippen molar-refractivity contribution in [1.29, 1.82) is 0 Å². The molecule has 1 aromatic rings. The van der Waals surface area contributed by atoms with Crippen LogP contribution < -0.4 is 5.32 Å². The number of hydrogen-bond donors (Lipinski definition) is 1. The highest BCUT2D eigenvalue weighted by Crippen LogP contribution is 2.25. The molecule has 1 aromatic heterocycles. The lowest BCUT2D eigenvalue weighted by Crippen LogP contribution is -2.44. The first-order valence-electron chi connectivity index (χ1n) is 8.82. The molecule has 2 saturated heterocycles. The van der Waals surface area contributed by atoms with Crippen LogP contribution in [0.1, 0.15) is 35.9 Å². The number of hydrogen-bond acceptors (Lipinski definition) is 6. The first-order valence-corrected chi connectivity index (χ1v) is 10.4. The molecule has 9 nitrogen and oxygen atoms in total. The van der Waals surface area contributed by atoms with Crippen LogP contribution in [0.15, 0.2) is 6.07 Å². The minimum Gasteiger partial charge on any atom is -0.347 e. The van der Waals surface area contributed by atoms with Gasteiger partial charge in [0.05, 0.1) is 17.5 Å². The van der Waals surface area contributed by atoms with Crippen molar-refractivity contribution in [3.05, 3.63) is 17.5 Å². The lowest BCUT2D eigenvalue weighted by Gasteiger charge is -2.23. The Kier molecular flexibility index (Phi) is 5.07. The van der Waals surface area contributed by atoms with E-state index in [9.17, 15) is 18.0 Å². The normalized spacial score (nSPS) is 25.8. The Morgan fingerprint density at radius 1 is 1.42 bits per heavy atom. The van der Waals surface area contributed by atoms with E-state index in [0.717, 1.165) is 10.00 Å². The molecule has 0 aliphatic carbocycles. The van der Waals surface area contributed by atoms with Crippen LogP contribution in [0.5, 0.6) is 0 Å². The van der Waals surface area contributed by atoms with Crippen LogP contribution in [0.3, 0.4) is 0 Å². The minimum absolute atomic E-state index is 0.0726. The van der Waals surface area contributed by atoms with Gasteiger partial charge in [-0.15, -0.1) is 0 Å². The van der Waals surface area contributed by atoms with Crippen molar-refractivity contribution >= 4 is 21.8 Å². The van der Waals surface area contributed by atoms with Crippen molar-refractivity contribution in [1.82, 2.24) is 24.3 Å². The summed E-state index contributed by atoms with van der Waals surface area (Å²) in [4.78, 5) is 27.1. The summed E-state index contributed by atoms with van der Waals surface area (Å²) in [5, 5.41) is 7.12. The summed E-state index contributed by atoms with van der Waals surface area (Å²) in [7, 11) is -1.85. The van der Waals surface area contributed by atoms with Crippen LogP contribution in [0, 0.1) is 6.92 Å². The molecule has 0 spiro atoms. The van der Waals surface area contributed by atoms with Crippen LogP contribution in [-0.4, -0.2) is 76.7 Å². The average Bonchev–Trinajstić information content (AvgIpc) is 3.10. The van der Waals surface area contributed by atoms with Gasteiger partial charge < -0.3 is 5.32 Å². The summed E-state index contributed by atoms with van der Waals surface area (Å²) in [6.45, 7) is 4.64. The van der Waals surface area contributed by atoms with Gasteiger partial charge in [0.1, 0.15) is 5.69 Å². The molecule has 0 unspecified atom stereocenters. The van der Waals surface area contributed by atoms with E-state index in [4.69, 9.17) is 0 Å². The molecule has 2 fully saturated rings. The van der Waals surface area contributed by atoms with Crippen molar-refractivity contribution in [2.24, 2.45) is 7.05 Å². The van der Waals surface area contributed by atoms with Gasteiger partial charge in [-0.3, -0.25) is 19.2 Å². The van der Waals surface area contributed by atoms with Gasteiger partial charge in [-0.25, -0.2) is 12.7 Å². The van der Waals surface area contributed by atoms with E-state index < -0.39 is 16.1 Å². The third kappa shape index (κ3) is 3.48. The second kappa shape index (κ2) is 6.99. The van der Waals surface area contributed by atoms with E-state index >= 15 is 0 Å². The number of nitrogens with one attached hydrogen (secondary N) is 1. The Bertz CT molecular complexity index is 819. The Hall–Kier alpha value is -1.94. The van der Waals surface area contributed by atoms with Crippen molar-refractivity contribution in [3.8, 4) is 0 Å². The maximum atomic E-state index is 12.8. The highest BCUT2D eigenvalue weighted by atomic mass is 32.2. The predicted molar refractivity (Wildman–Crippen MR) is 95.0 cm³/mol. The fourth-order valence-electron chi connectivity index (χ4n) is 3.69. The van der Waals surface area contributed by atoms with E-state index in [1.165, 1.54) is 4.68 Å². The molecule has 0 aromatic carbocycles. The zero-order chi connectivity index (χ0) is 19.1. The van der Waals surface area contributed by atoms with Gasteiger partial charge in [0.15, 0.2) is 0 Å². The SMILES string of the molecule is CCCN1C(=O)[C@@H]2C[C@H](NC(=O)c3cc(C)nn3C)CN2CCS1(=O)=O. The molecule has 3 heterocycles. The topological polar surface area (TPSA) is 105 Å². The summed E-state index contributed by atoms with van der Waals surface area (Å²) in [5.74, 6) is -0.685. The van der Waals surface area contributed by atoms with Gasteiger partial charge >= 0.3 is 0 Å². The van der Waals surface area contributed by atoms with Crippen molar-refractivity contribution in [3.63, 3.8) is 0 Å². The Balaban J connectivity index is 1.72. The molecule has 2 aliphatic heterocycles. The molecule has 2 atom stereocenters. The molecule has 0 radical (unpaired) electrons. The number of amides is 2. The predicted octanol–water partition coefficient (Wildman–Crippen LogP) is -0.517. The quantitative estimate of drug-likeness (QED) is 0.750. The third-order valence-electron chi connectivity index (χ3n) is 4.90. The molecule has 0 bridgehead atoms. The summed E-state index contributed by atoms with van der Waals surface area (Å²) >= 11 is 0. The Labute approximate surface area is 153 Å². The van der Waals surface area contributed by atoms with Gasteiger partial charge in [-0.1, -0.05) is 6.92 Å². The fraction of sp³-hybridized carbons (Fsp3) is 0.688. The average molecular weight is 383 g/mol. The number of carbonyl (C=O) groups excluding carboxylic acids is 2. The largest absolute Gasteiger partial charge is 0.347 e. The van der Waals surface area contributed by atoms with Gasteiger partial charge in [-0.05, 0) is 25.8 Å². The van der Waals surface area contributed by atoms with Gasteiger partial charge in [0.25, 0.3) is 11.8 Å². The zero-order valence-electron chi connectivity index (χ0n) is 15.3. The number of aromatic nitrogens is 2. The summed E-state index contributed by atoms with van der Waals surface area (Å²) in [6, 6.07) is 1.01. The molecule has 1 N–H and O–H groups in total. The maximum absolute atomic E-state index is 12.8. The highest BCUT2D eigenvalue weighted by molar-refractivity contribution is 7.89. The van der Waals surface area contributed by atoms with E-state index in [0.29, 0.717) is 31.6 Å². The van der Waals surface area contributed by atoms with E-state index in [2.05, 4.69) is 10.4 Å². The molecule has 144 valence electrons.